The van der Waals surface area contributed by atoms with Gasteiger partial charge in [0.15, 0.2) is 0 Å². The fourth-order valence-electron chi connectivity index (χ4n) is 3.35. The number of hydrogen-bond donors (Lipinski definition) is 1. The lowest BCUT2D eigenvalue weighted by atomic mass is 10.1. The summed E-state index contributed by atoms with van der Waals surface area (Å²) in [5, 5.41) is 2.88. The molecule has 0 aliphatic rings. The number of halogens is 1. The number of nitrogens with zero attached hydrogens (tertiary/aromatic N) is 3. The second-order valence-corrected chi connectivity index (χ2v) is 6.69. The first-order chi connectivity index (χ1) is 12.4. The lowest BCUT2D eigenvalue weighted by Gasteiger charge is -2.13. The van der Waals surface area contributed by atoms with Gasteiger partial charge in [0.05, 0.1) is 17.6 Å². The highest BCUT2D eigenvalue weighted by Crippen LogP contribution is 2.20. The summed E-state index contributed by atoms with van der Waals surface area (Å²) in [6.07, 6.45) is 4.83. The van der Waals surface area contributed by atoms with E-state index in [1.54, 1.807) is 35.4 Å². The van der Waals surface area contributed by atoms with Crippen LogP contribution in [0.15, 0.2) is 43.0 Å². The zero-order chi connectivity index (χ0) is 18.8. The summed E-state index contributed by atoms with van der Waals surface area (Å²) in [4.78, 5) is 16.5. The molecule has 0 aliphatic carbocycles. The summed E-state index contributed by atoms with van der Waals surface area (Å²) in [7, 11) is 0. The van der Waals surface area contributed by atoms with Crippen molar-refractivity contribution in [3.63, 3.8) is 0 Å². The number of aromatic nitrogens is 3. The predicted octanol–water partition coefficient (Wildman–Crippen LogP) is 3.94. The molecule has 0 atom stereocenters. The van der Waals surface area contributed by atoms with E-state index < -0.39 is 0 Å². The molecular formula is C20H23FN4O. The van der Waals surface area contributed by atoms with Gasteiger partial charge < -0.3 is 14.5 Å². The minimum Gasteiger partial charge on any atom is -0.348 e. The van der Waals surface area contributed by atoms with Crippen LogP contribution < -0.4 is 5.32 Å². The van der Waals surface area contributed by atoms with Gasteiger partial charge in [0.1, 0.15) is 5.82 Å². The van der Waals surface area contributed by atoms with Crippen molar-refractivity contribution in [3.8, 4) is 5.69 Å². The molecule has 0 radical (unpaired) electrons. The number of rotatable bonds is 5. The van der Waals surface area contributed by atoms with Crippen LogP contribution in [-0.2, 0) is 6.54 Å². The van der Waals surface area contributed by atoms with Gasteiger partial charge in [-0.05, 0) is 51.5 Å². The Morgan fingerprint density at radius 1 is 1.27 bits per heavy atom. The zero-order valence-corrected chi connectivity index (χ0v) is 15.5. The van der Waals surface area contributed by atoms with Gasteiger partial charge in [-0.15, -0.1) is 0 Å². The molecule has 1 N–H and O–H groups in total. The van der Waals surface area contributed by atoms with Crippen LogP contribution in [-0.4, -0.2) is 20.0 Å². The third kappa shape index (κ3) is 3.40. The molecule has 0 unspecified atom stereocenters. The molecule has 26 heavy (non-hydrogen) atoms. The Kier molecular flexibility index (Phi) is 4.93. The Hall–Kier alpha value is -2.89. The molecule has 0 spiro atoms. The largest absolute Gasteiger partial charge is 0.348 e. The highest BCUT2D eigenvalue weighted by Gasteiger charge is 2.17. The smallest absolute Gasteiger partial charge is 0.253 e. The lowest BCUT2D eigenvalue weighted by Crippen LogP contribution is -2.23. The summed E-state index contributed by atoms with van der Waals surface area (Å²) >= 11 is 0. The maximum absolute atomic E-state index is 14.3. The van der Waals surface area contributed by atoms with Crippen molar-refractivity contribution in [1.82, 2.24) is 19.4 Å². The molecule has 0 saturated heterocycles. The van der Waals surface area contributed by atoms with Gasteiger partial charge >= 0.3 is 0 Å². The van der Waals surface area contributed by atoms with Crippen LogP contribution in [0.4, 0.5) is 4.39 Å². The Morgan fingerprint density at radius 2 is 2.04 bits per heavy atom. The average Bonchev–Trinajstić information content (AvgIpc) is 3.20. The van der Waals surface area contributed by atoms with Crippen LogP contribution in [0.25, 0.3) is 5.69 Å². The molecule has 0 aliphatic heterocycles. The number of hydrogen-bond acceptors (Lipinski definition) is 2. The van der Waals surface area contributed by atoms with Crippen LogP contribution in [0.2, 0.25) is 0 Å². The van der Waals surface area contributed by atoms with Crippen molar-refractivity contribution in [1.29, 1.82) is 0 Å². The fourth-order valence-corrected chi connectivity index (χ4v) is 3.35. The topological polar surface area (TPSA) is 51.9 Å². The zero-order valence-electron chi connectivity index (χ0n) is 15.5. The molecule has 0 saturated carbocycles. The van der Waals surface area contributed by atoms with E-state index in [0.717, 1.165) is 11.4 Å². The Labute approximate surface area is 152 Å². The Morgan fingerprint density at radius 3 is 2.62 bits per heavy atom. The summed E-state index contributed by atoms with van der Waals surface area (Å²) in [5.74, 6) is -0.503. The standard InChI is InChI=1S/C20H23FN4O/c1-13(2)25-14(3)9-17(15(25)4)20(26)23-11-16-5-6-19(18(21)10-16)24-8-7-22-12-24/h5-10,12-13H,11H2,1-4H3,(H,23,26). The van der Waals surface area contributed by atoms with E-state index in [1.807, 2.05) is 19.9 Å². The number of nitrogens with one attached hydrogen (secondary N) is 1. The minimum absolute atomic E-state index is 0.149. The van der Waals surface area contributed by atoms with Gasteiger partial charge in [-0.25, -0.2) is 9.37 Å². The second-order valence-electron chi connectivity index (χ2n) is 6.69. The van der Waals surface area contributed by atoms with Gasteiger partial charge in [-0.1, -0.05) is 6.07 Å². The SMILES string of the molecule is Cc1cc(C(=O)NCc2ccc(-n3ccnc3)c(F)c2)c(C)n1C(C)C. The minimum atomic E-state index is -0.354. The maximum Gasteiger partial charge on any atom is 0.253 e. The first kappa shape index (κ1) is 17.9. The highest BCUT2D eigenvalue weighted by atomic mass is 19.1. The summed E-state index contributed by atoms with van der Waals surface area (Å²) in [6, 6.07) is 7.11. The van der Waals surface area contributed by atoms with Crippen molar-refractivity contribution < 1.29 is 9.18 Å². The molecule has 0 bridgehead atoms. The molecular weight excluding hydrogens is 331 g/mol. The Bertz CT molecular complexity index is 926. The molecule has 1 amide bonds. The third-order valence-electron chi connectivity index (χ3n) is 4.49. The van der Waals surface area contributed by atoms with Gasteiger partial charge in [0, 0.05) is 36.4 Å². The molecule has 3 rings (SSSR count). The highest BCUT2D eigenvalue weighted by molar-refractivity contribution is 5.95. The number of carbonyl (C=O) groups excluding carboxylic acids is 1. The molecule has 5 nitrogen and oxygen atoms in total. The van der Waals surface area contributed by atoms with E-state index in [1.165, 1.54) is 6.07 Å². The van der Waals surface area contributed by atoms with Crippen LogP contribution in [0.3, 0.4) is 0 Å². The molecule has 2 heterocycles. The van der Waals surface area contributed by atoms with Crippen LogP contribution in [0.1, 0.15) is 47.2 Å². The quantitative estimate of drug-likeness (QED) is 0.754. The van der Waals surface area contributed by atoms with E-state index in [-0.39, 0.29) is 18.3 Å². The molecule has 2 aromatic heterocycles. The third-order valence-corrected chi connectivity index (χ3v) is 4.49. The molecule has 6 heteroatoms. The average molecular weight is 354 g/mol. The number of imidazole rings is 1. The maximum atomic E-state index is 14.3. The second kappa shape index (κ2) is 7.15. The van der Waals surface area contributed by atoms with Crippen molar-refractivity contribution >= 4 is 5.91 Å². The number of amides is 1. The summed E-state index contributed by atoms with van der Waals surface area (Å²) < 4.78 is 18.0. The van der Waals surface area contributed by atoms with Crippen molar-refractivity contribution in [3.05, 3.63) is 71.3 Å². The summed E-state index contributed by atoms with van der Waals surface area (Å²) in [6.45, 7) is 8.39. The van der Waals surface area contributed by atoms with Gasteiger partial charge in [-0.2, -0.15) is 0 Å². The van der Waals surface area contributed by atoms with E-state index >= 15 is 0 Å². The van der Waals surface area contributed by atoms with Gasteiger partial charge in [-0.3, -0.25) is 4.79 Å². The summed E-state index contributed by atoms with van der Waals surface area (Å²) in [5.41, 5.74) is 3.79. The van der Waals surface area contributed by atoms with Crippen molar-refractivity contribution in [2.24, 2.45) is 0 Å². The monoisotopic (exact) mass is 354 g/mol. The van der Waals surface area contributed by atoms with Crippen LogP contribution >= 0.6 is 0 Å². The van der Waals surface area contributed by atoms with Crippen molar-refractivity contribution in [2.45, 2.75) is 40.3 Å². The first-order valence-electron chi connectivity index (χ1n) is 8.62. The normalized spacial score (nSPS) is 11.2. The van der Waals surface area contributed by atoms with Gasteiger partial charge in [0.2, 0.25) is 0 Å². The van der Waals surface area contributed by atoms with E-state index in [0.29, 0.717) is 22.9 Å². The fraction of sp³-hybridized carbons (Fsp3) is 0.300. The predicted molar refractivity (Wildman–Crippen MR) is 99.0 cm³/mol. The first-order valence-corrected chi connectivity index (χ1v) is 8.62. The molecule has 0 fully saturated rings. The molecule has 136 valence electrons. The molecule has 1 aromatic carbocycles. The number of carbonyl (C=O) groups is 1. The lowest BCUT2D eigenvalue weighted by molar-refractivity contribution is 0.0950. The van der Waals surface area contributed by atoms with Gasteiger partial charge in [0.25, 0.3) is 5.91 Å². The molecule has 3 aromatic rings. The van der Waals surface area contributed by atoms with E-state index in [4.69, 9.17) is 0 Å². The van der Waals surface area contributed by atoms with E-state index in [9.17, 15) is 9.18 Å². The van der Waals surface area contributed by atoms with Crippen LogP contribution in [0, 0.1) is 19.7 Å². The van der Waals surface area contributed by atoms with Crippen LogP contribution in [0.5, 0.6) is 0 Å². The van der Waals surface area contributed by atoms with E-state index in [2.05, 4.69) is 28.7 Å². The van der Waals surface area contributed by atoms with Crippen molar-refractivity contribution in [2.75, 3.05) is 0 Å². The number of aryl methyl sites for hydroxylation is 1. The Balaban J connectivity index is 1.72. The number of benzene rings is 1.